The minimum Gasteiger partial charge on any atom is -0.444 e. The Morgan fingerprint density at radius 3 is 2.36 bits per heavy atom. The van der Waals surface area contributed by atoms with Gasteiger partial charge in [0, 0.05) is 6.42 Å². The van der Waals surface area contributed by atoms with Crippen LogP contribution < -0.4 is 5.48 Å². The van der Waals surface area contributed by atoms with Crippen molar-refractivity contribution < 1.29 is 19.2 Å². The van der Waals surface area contributed by atoms with E-state index in [0.717, 1.165) is 16.7 Å². The lowest BCUT2D eigenvalue weighted by molar-refractivity contribution is -0.140. The maximum Gasteiger partial charge on any atom is 0.411 e. The molecule has 2 aromatic rings. The molecular weight excluding hydrogens is 356 g/mol. The summed E-state index contributed by atoms with van der Waals surface area (Å²) < 4.78 is 5.51. The summed E-state index contributed by atoms with van der Waals surface area (Å²) in [6.07, 6.45) is -0.0964. The summed E-state index contributed by atoms with van der Waals surface area (Å²) in [6.45, 7) is 5.99. The van der Waals surface area contributed by atoms with E-state index < -0.39 is 17.7 Å². The zero-order valence-electron chi connectivity index (χ0n) is 16.5. The summed E-state index contributed by atoms with van der Waals surface area (Å²) in [6, 6.07) is 16.7. The fourth-order valence-corrected chi connectivity index (χ4v) is 3.10. The molecule has 148 valence electrons. The van der Waals surface area contributed by atoms with Crippen molar-refractivity contribution in [3.63, 3.8) is 0 Å². The molecule has 0 radical (unpaired) electrons. The largest absolute Gasteiger partial charge is 0.444 e. The van der Waals surface area contributed by atoms with Crippen molar-refractivity contribution in [2.24, 2.45) is 0 Å². The van der Waals surface area contributed by atoms with Crippen LogP contribution in [-0.2, 0) is 33.9 Å². The summed E-state index contributed by atoms with van der Waals surface area (Å²) in [7, 11) is 0. The second kappa shape index (κ2) is 8.44. The number of hydrogen-bond acceptors (Lipinski definition) is 4. The minimum absolute atomic E-state index is 0.252. The van der Waals surface area contributed by atoms with Crippen LogP contribution in [0.5, 0.6) is 0 Å². The number of benzene rings is 2. The Morgan fingerprint density at radius 1 is 1.04 bits per heavy atom. The van der Waals surface area contributed by atoms with E-state index in [-0.39, 0.29) is 12.5 Å². The second-order valence-electron chi connectivity index (χ2n) is 7.84. The smallest absolute Gasteiger partial charge is 0.411 e. The predicted molar refractivity (Wildman–Crippen MR) is 105 cm³/mol. The molecule has 1 aliphatic rings. The molecule has 0 unspecified atom stereocenters. The van der Waals surface area contributed by atoms with Gasteiger partial charge in [0.15, 0.2) is 0 Å². The van der Waals surface area contributed by atoms with Gasteiger partial charge in [-0.2, -0.15) is 0 Å². The van der Waals surface area contributed by atoms with E-state index in [0.29, 0.717) is 13.0 Å². The third kappa shape index (κ3) is 5.10. The molecule has 0 fully saturated rings. The number of hydrogen-bond donors (Lipinski definition) is 1. The first-order chi connectivity index (χ1) is 13.3. The van der Waals surface area contributed by atoms with Crippen molar-refractivity contribution in [1.82, 2.24) is 10.4 Å². The third-order valence-electron chi connectivity index (χ3n) is 4.43. The third-order valence-corrected chi connectivity index (χ3v) is 4.43. The molecule has 1 N–H and O–H groups in total. The van der Waals surface area contributed by atoms with Crippen LogP contribution in [0.1, 0.15) is 37.5 Å². The fourth-order valence-electron chi connectivity index (χ4n) is 3.10. The Morgan fingerprint density at radius 2 is 1.68 bits per heavy atom. The molecule has 0 saturated carbocycles. The maximum atomic E-state index is 12.8. The van der Waals surface area contributed by atoms with Gasteiger partial charge in [0.1, 0.15) is 11.6 Å². The lowest BCUT2D eigenvalue weighted by Crippen LogP contribution is -2.53. The van der Waals surface area contributed by atoms with E-state index in [4.69, 9.17) is 9.57 Å². The summed E-state index contributed by atoms with van der Waals surface area (Å²) >= 11 is 0. The number of hydroxylamine groups is 1. The van der Waals surface area contributed by atoms with Crippen molar-refractivity contribution in [2.75, 3.05) is 0 Å². The van der Waals surface area contributed by atoms with Gasteiger partial charge in [-0.15, -0.1) is 0 Å². The zero-order valence-corrected chi connectivity index (χ0v) is 16.5. The van der Waals surface area contributed by atoms with Crippen LogP contribution in [0.2, 0.25) is 0 Å². The van der Waals surface area contributed by atoms with E-state index in [1.54, 1.807) is 20.8 Å². The lowest BCUT2D eigenvalue weighted by atomic mass is 9.94. The molecule has 3 rings (SSSR count). The molecule has 0 saturated heterocycles. The van der Waals surface area contributed by atoms with Gasteiger partial charge < -0.3 is 4.74 Å². The van der Waals surface area contributed by atoms with Crippen LogP contribution in [0.15, 0.2) is 54.6 Å². The number of rotatable bonds is 4. The highest BCUT2D eigenvalue weighted by Gasteiger charge is 2.37. The van der Waals surface area contributed by atoms with Crippen LogP contribution in [0, 0.1) is 0 Å². The first-order valence-electron chi connectivity index (χ1n) is 9.35. The number of nitrogens with zero attached hydrogens (tertiary/aromatic N) is 1. The van der Waals surface area contributed by atoms with Gasteiger partial charge in [-0.1, -0.05) is 54.6 Å². The molecule has 0 bridgehead atoms. The number of amides is 2. The number of carbonyl (C=O) groups is 2. The van der Waals surface area contributed by atoms with Crippen LogP contribution in [0.25, 0.3) is 0 Å². The molecule has 6 nitrogen and oxygen atoms in total. The Hall–Kier alpha value is -2.86. The Kier molecular flexibility index (Phi) is 5.99. The monoisotopic (exact) mass is 382 g/mol. The molecular formula is C22H26N2O4. The van der Waals surface area contributed by atoms with Gasteiger partial charge in [0.05, 0.1) is 13.2 Å². The topological polar surface area (TPSA) is 67.9 Å². The molecule has 28 heavy (non-hydrogen) atoms. The van der Waals surface area contributed by atoms with Crippen LogP contribution in [0.4, 0.5) is 4.79 Å². The van der Waals surface area contributed by atoms with E-state index in [1.165, 1.54) is 4.90 Å². The Labute approximate surface area is 165 Å². The van der Waals surface area contributed by atoms with Crippen molar-refractivity contribution in [3.05, 3.63) is 71.3 Å². The van der Waals surface area contributed by atoms with Crippen LogP contribution in [-0.4, -0.2) is 28.5 Å². The van der Waals surface area contributed by atoms with Crippen molar-refractivity contribution in [1.29, 1.82) is 0 Å². The lowest BCUT2D eigenvalue weighted by Gasteiger charge is -2.36. The van der Waals surface area contributed by atoms with E-state index in [2.05, 4.69) is 5.48 Å². The summed E-state index contributed by atoms with van der Waals surface area (Å²) in [5.41, 5.74) is 4.86. The van der Waals surface area contributed by atoms with E-state index >= 15 is 0 Å². The highest BCUT2D eigenvalue weighted by atomic mass is 16.7. The van der Waals surface area contributed by atoms with Gasteiger partial charge in [-0.05, 0) is 37.5 Å². The quantitative estimate of drug-likeness (QED) is 0.821. The van der Waals surface area contributed by atoms with Gasteiger partial charge in [-0.3, -0.25) is 14.5 Å². The second-order valence-corrected chi connectivity index (χ2v) is 7.84. The van der Waals surface area contributed by atoms with Crippen molar-refractivity contribution in [3.8, 4) is 0 Å². The molecule has 2 aromatic carbocycles. The van der Waals surface area contributed by atoms with Crippen molar-refractivity contribution >= 4 is 12.0 Å². The summed E-state index contributed by atoms with van der Waals surface area (Å²) in [5.74, 6) is -0.365. The average molecular weight is 382 g/mol. The zero-order chi connectivity index (χ0) is 20.1. The number of nitrogens with one attached hydrogen (secondary N) is 1. The fraction of sp³-hybridized carbons (Fsp3) is 0.364. The molecule has 1 heterocycles. The standard InChI is InChI=1S/C22H26N2O4/c1-22(2,3)28-21(26)24-14-18-12-8-7-11-17(18)13-19(24)20(25)23-27-15-16-9-5-4-6-10-16/h4-12,19H,13-15H2,1-3H3,(H,23,25)/t19-/m0/s1. The molecule has 2 amide bonds. The molecule has 0 aromatic heterocycles. The summed E-state index contributed by atoms with van der Waals surface area (Å²) in [4.78, 5) is 32.3. The normalized spacial score (nSPS) is 16.2. The maximum absolute atomic E-state index is 12.8. The van der Waals surface area contributed by atoms with Gasteiger partial charge in [-0.25, -0.2) is 10.3 Å². The van der Waals surface area contributed by atoms with E-state index in [1.807, 2.05) is 54.6 Å². The highest BCUT2D eigenvalue weighted by Crippen LogP contribution is 2.25. The summed E-state index contributed by atoms with van der Waals surface area (Å²) in [5, 5.41) is 0. The molecule has 0 aliphatic carbocycles. The number of carbonyl (C=O) groups excluding carboxylic acids is 2. The molecule has 1 atom stereocenters. The number of ether oxygens (including phenoxy) is 1. The SMILES string of the molecule is CC(C)(C)OC(=O)N1Cc2ccccc2C[C@H]1C(=O)NOCc1ccccc1. The number of fused-ring (bicyclic) bond motifs is 1. The van der Waals surface area contributed by atoms with Gasteiger partial charge in [0.2, 0.25) is 0 Å². The predicted octanol–water partition coefficient (Wildman–Crippen LogP) is 3.60. The first-order valence-corrected chi connectivity index (χ1v) is 9.35. The Bertz CT molecular complexity index is 830. The van der Waals surface area contributed by atoms with Gasteiger partial charge in [0.25, 0.3) is 5.91 Å². The molecule has 6 heteroatoms. The first kappa shape index (κ1) is 19.9. The van der Waals surface area contributed by atoms with E-state index in [9.17, 15) is 9.59 Å². The van der Waals surface area contributed by atoms with Gasteiger partial charge >= 0.3 is 6.09 Å². The van der Waals surface area contributed by atoms with Crippen molar-refractivity contribution in [2.45, 2.75) is 52.0 Å². The van der Waals surface area contributed by atoms with Crippen LogP contribution in [0.3, 0.4) is 0 Å². The highest BCUT2D eigenvalue weighted by molar-refractivity contribution is 5.86. The molecule has 0 spiro atoms. The molecule has 1 aliphatic heterocycles. The average Bonchev–Trinajstić information content (AvgIpc) is 2.66. The Balaban J connectivity index is 1.71. The van der Waals surface area contributed by atoms with Crippen LogP contribution >= 0.6 is 0 Å². The minimum atomic E-state index is -0.694.